The van der Waals surface area contributed by atoms with Crippen LogP contribution in [0.4, 0.5) is 0 Å². The van der Waals surface area contributed by atoms with Crippen LogP contribution in [-0.4, -0.2) is 22.6 Å². The first-order chi connectivity index (χ1) is 4.63. The fraction of sp³-hybridized carbons (Fsp3) is 0.714. The van der Waals surface area contributed by atoms with Gasteiger partial charge in [0, 0.05) is 5.75 Å². The highest BCUT2D eigenvalue weighted by molar-refractivity contribution is 7.99. The molecule has 0 spiro atoms. The minimum Gasteiger partial charge on any atom is -0.481 e. The molecule has 1 N–H and O–H groups in total. The van der Waals surface area contributed by atoms with Crippen molar-refractivity contribution >= 4 is 17.7 Å². The quantitative estimate of drug-likeness (QED) is 0.623. The van der Waals surface area contributed by atoms with E-state index in [0.717, 1.165) is 5.75 Å². The van der Waals surface area contributed by atoms with Crippen molar-refractivity contribution in [2.75, 3.05) is 11.5 Å². The van der Waals surface area contributed by atoms with E-state index in [1.54, 1.807) is 11.8 Å². The monoisotopic (exact) mass is 161 g/mol. The van der Waals surface area contributed by atoms with Crippen LogP contribution in [0.15, 0.2) is 0 Å². The molecule has 0 aromatic carbocycles. The summed E-state index contributed by atoms with van der Waals surface area (Å²) in [5.41, 5.74) is 0. The van der Waals surface area contributed by atoms with Crippen LogP contribution in [-0.2, 0) is 4.79 Å². The third-order valence-electron chi connectivity index (χ3n) is 0.863. The highest BCUT2D eigenvalue weighted by Gasteiger charge is 1.97. The maximum absolute atomic E-state index is 10.0. The van der Waals surface area contributed by atoms with E-state index in [0.29, 0.717) is 11.7 Å². The molecule has 1 radical (unpaired) electrons. The summed E-state index contributed by atoms with van der Waals surface area (Å²) in [5, 5.41) is 8.25. The maximum atomic E-state index is 10.0. The van der Waals surface area contributed by atoms with Crippen LogP contribution in [0.5, 0.6) is 0 Å². The molecule has 1 atom stereocenters. The molecule has 0 heterocycles. The summed E-state index contributed by atoms with van der Waals surface area (Å²) >= 11 is 1.65. The lowest BCUT2D eigenvalue weighted by Gasteiger charge is -2.01. The molecule has 0 aliphatic rings. The predicted molar refractivity (Wildman–Crippen MR) is 44.1 cm³/mol. The zero-order chi connectivity index (χ0) is 7.98. The summed E-state index contributed by atoms with van der Waals surface area (Å²) in [6.45, 7) is 5.81. The number of thioether (sulfide) groups is 1. The summed E-state index contributed by atoms with van der Waals surface area (Å²) in [6, 6.07) is 0. The van der Waals surface area contributed by atoms with Gasteiger partial charge >= 0.3 is 5.97 Å². The van der Waals surface area contributed by atoms with Crippen molar-refractivity contribution in [1.29, 1.82) is 0 Å². The van der Waals surface area contributed by atoms with Crippen LogP contribution in [0.25, 0.3) is 0 Å². The van der Waals surface area contributed by atoms with Crippen molar-refractivity contribution in [1.82, 2.24) is 0 Å². The first kappa shape index (κ1) is 9.82. The first-order valence-corrected chi connectivity index (χ1v) is 4.41. The molecule has 59 valence electrons. The third kappa shape index (κ3) is 7.82. The fourth-order valence-corrected chi connectivity index (χ4v) is 1.33. The molecular weight excluding hydrogens is 148 g/mol. The van der Waals surface area contributed by atoms with Crippen LogP contribution in [0.3, 0.4) is 0 Å². The molecule has 2 nitrogen and oxygen atoms in total. The predicted octanol–water partition coefficient (Wildman–Crippen LogP) is 1.66. The van der Waals surface area contributed by atoms with E-state index in [1.807, 2.05) is 6.92 Å². The Hall–Kier alpha value is -0.180. The molecule has 0 rings (SSSR count). The Bertz CT molecular complexity index is 102. The molecule has 0 aromatic rings. The van der Waals surface area contributed by atoms with Gasteiger partial charge in [-0.3, -0.25) is 4.79 Å². The third-order valence-corrected chi connectivity index (χ3v) is 2.16. The van der Waals surface area contributed by atoms with Crippen LogP contribution in [0, 0.1) is 12.8 Å². The summed E-state index contributed by atoms with van der Waals surface area (Å²) in [7, 11) is 0. The van der Waals surface area contributed by atoms with Gasteiger partial charge in [-0.2, -0.15) is 11.8 Å². The molecule has 3 heteroatoms. The molecule has 10 heavy (non-hydrogen) atoms. The molecule has 0 aliphatic carbocycles. The summed E-state index contributed by atoms with van der Waals surface area (Å²) < 4.78 is 0. The summed E-state index contributed by atoms with van der Waals surface area (Å²) in [6.07, 6.45) is 0.261. The Morgan fingerprint density at radius 2 is 2.40 bits per heavy atom. The number of hydrogen-bond acceptors (Lipinski definition) is 2. The van der Waals surface area contributed by atoms with Crippen molar-refractivity contribution in [3.05, 3.63) is 6.92 Å². The van der Waals surface area contributed by atoms with E-state index < -0.39 is 5.97 Å². The second kappa shape index (κ2) is 5.59. The number of carboxylic acid groups (broad SMARTS) is 1. The molecule has 0 aromatic heterocycles. The molecule has 0 saturated carbocycles. The minimum atomic E-state index is -0.718. The van der Waals surface area contributed by atoms with Crippen molar-refractivity contribution in [3.8, 4) is 0 Å². The van der Waals surface area contributed by atoms with E-state index in [-0.39, 0.29) is 6.42 Å². The maximum Gasteiger partial charge on any atom is 0.304 e. The van der Waals surface area contributed by atoms with Gasteiger partial charge in [-0.15, -0.1) is 0 Å². The zero-order valence-corrected chi connectivity index (χ0v) is 6.99. The summed E-state index contributed by atoms with van der Waals surface area (Å²) in [4.78, 5) is 10.0. The second-order valence-corrected chi connectivity index (χ2v) is 3.47. The van der Waals surface area contributed by atoms with E-state index in [9.17, 15) is 4.79 Å². The number of aliphatic carboxylic acids is 1. The van der Waals surface area contributed by atoms with Gasteiger partial charge in [0.1, 0.15) is 0 Å². The minimum absolute atomic E-state index is 0.261. The Kier molecular flexibility index (Phi) is 5.49. The van der Waals surface area contributed by atoms with Gasteiger partial charge in [0.2, 0.25) is 0 Å². The molecule has 0 aliphatic heterocycles. The molecule has 0 amide bonds. The smallest absolute Gasteiger partial charge is 0.304 e. The molecule has 0 bridgehead atoms. The molecule has 1 unspecified atom stereocenters. The number of hydrogen-bond donors (Lipinski definition) is 1. The normalized spacial score (nSPS) is 10.3. The Morgan fingerprint density at radius 1 is 1.80 bits per heavy atom. The van der Waals surface area contributed by atoms with Gasteiger partial charge in [0.25, 0.3) is 0 Å². The lowest BCUT2D eigenvalue weighted by molar-refractivity contribution is -0.136. The lowest BCUT2D eigenvalue weighted by Crippen LogP contribution is -1.98. The molecule has 0 fully saturated rings. The molecular formula is C7H13O2S. The average Bonchev–Trinajstić information content (AvgIpc) is 1.79. The van der Waals surface area contributed by atoms with Gasteiger partial charge in [-0.25, -0.2) is 0 Å². The number of carbonyl (C=O) groups is 1. The highest BCUT2D eigenvalue weighted by Crippen LogP contribution is 2.07. The average molecular weight is 161 g/mol. The lowest BCUT2D eigenvalue weighted by atomic mass is 10.3. The highest BCUT2D eigenvalue weighted by atomic mass is 32.2. The van der Waals surface area contributed by atoms with E-state index in [4.69, 9.17) is 5.11 Å². The van der Waals surface area contributed by atoms with E-state index >= 15 is 0 Å². The van der Waals surface area contributed by atoms with Crippen molar-refractivity contribution in [2.24, 2.45) is 5.92 Å². The second-order valence-electron chi connectivity index (χ2n) is 2.32. The van der Waals surface area contributed by atoms with Crippen molar-refractivity contribution in [3.63, 3.8) is 0 Å². The van der Waals surface area contributed by atoms with Gasteiger partial charge < -0.3 is 5.11 Å². The van der Waals surface area contributed by atoms with Gasteiger partial charge in [0.05, 0.1) is 6.42 Å². The van der Waals surface area contributed by atoms with E-state index in [2.05, 4.69) is 6.92 Å². The van der Waals surface area contributed by atoms with Crippen LogP contribution in [0.1, 0.15) is 13.3 Å². The van der Waals surface area contributed by atoms with Gasteiger partial charge in [0.15, 0.2) is 0 Å². The molecule has 0 saturated heterocycles. The van der Waals surface area contributed by atoms with Crippen molar-refractivity contribution in [2.45, 2.75) is 13.3 Å². The summed E-state index contributed by atoms with van der Waals surface area (Å²) in [5.74, 6) is 1.35. The first-order valence-electron chi connectivity index (χ1n) is 3.25. The van der Waals surface area contributed by atoms with E-state index in [1.165, 1.54) is 0 Å². The Labute approximate surface area is 66.0 Å². The van der Waals surface area contributed by atoms with Gasteiger partial charge in [-0.1, -0.05) is 6.92 Å². The van der Waals surface area contributed by atoms with Crippen LogP contribution in [0.2, 0.25) is 0 Å². The number of carboxylic acids is 1. The number of rotatable bonds is 5. The zero-order valence-electron chi connectivity index (χ0n) is 6.17. The largest absolute Gasteiger partial charge is 0.481 e. The SMILES string of the molecule is [CH2]C(C)CSCCC(=O)O. The fourth-order valence-electron chi connectivity index (χ4n) is 0.444. The Morgan fingerprint density at radius 3 is 2.80 bits per heavy atom. The Balaban J connectivity index is 2.98. The van der Waals surface area contributed by atoms with Gasteiger partial charge in [-0.05, 0) is 18.6 Å². The standard InChI is InChI=1S/C7H13O2S/c1-6(2)5-10-4-3-7(8)9/h6H,1,3-5H2,2H3,(H,8,9). The topological polar surface area (TPSA) is 37.3 Å². The van der Waals surface area contributed by atoms with Crippen LogP contribution >= 0.6 is 11.8 Å². The van der Waals surface area contributed by atoms with Crippen molar-refractivity contribution < 1.29 is 9.90 Å². The van der Waals surface area contributed by atoms with Crippen LogP contribution < -0.4 is 0 Å².